The fourth-order valence-corrected chi connectivity index (χ4v) is 3.38. The Morgan fingerprint density at radius 3 is 2.95 bits per heavy atom. The normalized spacial score (nSPS) is 37.7. The summed E-state index contributed by atoms with van der Waals surface area (Å²) in [6, 6.07) is 7.82. The summed E-state index contributed by atoms with van der Waals surface area (Å²) in [4.78, 5) is 0. The van der Waals surface area contributed by atoms with E-state index in [0.717, 1.165) is 30.6 Å². The van der Waals surface area contributed by atoms with Gasteiger partial charge in [0.15, 0.2) is 0 Å². The van der Waals surface area contributed by atoms with Gasteiger partial charge < -0.3 is 14.6 Å². The highest BCUT2D eigenvalue weighted by atomic mass is 16.5. The van der Waals surface area contributed by atoms with Gasteiger partial charge in [-0.25, -0.2) is 0 Å². The molecule has 1 aromatic rings. The van der Waals surface area contributed by atoms with E-state index in [4.69, 9.17) is 9.47 Å². The van der Waals surface area contributed by atoms with Crippen LogP contribution < -0.4 is 4.74 Å². The van der Waals surface area contributed by atoms with Crippen LogP contribution in [0.3, 0.4) is 0 Å². The summed E-state index contributed by atoms with van der Waals surface area (Å²) in [5, 5.41) is 10.4. The molecule has 3 heteroatoms. The zero-order chi connectivity index (χ0) is 13.5. The second-order valence-corrected chi connectivity index (χ2v) is 6.12. The second kappa shape index (κ2) is 4.50. The molecule has 0 saturated carbocycles. The first kappa shape index (κ1) is 12.9. The summed E-state index contributed by atoms with van der Waals surface area (Å²) in [7, 11) is 0. The van der Waals surface area contributed by atoms with Gasteiger partial charge in [0.05, 0.1) is 18.3 Å². The highest BCUT2D eigenvalue weighted by Crippen LogP contribution is 2.47. The lowest BCUT2D eigenvalue weighted by atomic mass is 9.76. The van der Waals surface area contributed by atoms with Crippen molar-refractivity contribution >= 4 is 0 Å². The van der Waals surface area contributed by atoms with Crippen molar-refractivity contribution < 1.29 is 14.6 Å². The predicted molar refractivity (Wildman–Crippen MR) is 73.3 cm³/mol. The Balaban J connectivity index is 1.91. The van der Waals surface area contributed by atoms with Gasteiger partial charge in [-0.3, -0.25) is 0 Å². The number of hydrogen-bond donors (Lipinski definition) is 1. The van der Waals surface area contributed by atoms with E-state index in [0.29, 0.717) is 13.0 Å². The summed E-state index contributed by atoms with van der Waals surface area (Å²) in [5.74, 6) is 0.835. The SMILES string of the molecule is CCC1(C)CC2(CCO1)C[C@H](O)c1ccccc1O2. The first-order valence-corrected chi connectivity index (χ1v) is 7.16. The van der Waals surface area contributed by atoms with Crippen LogP contribution >= 0.6 is 0 Å². The highest BCUT2D eigenvalue weighted by molar-refractivity contribution is 5.38. The molecule has 3 nitrogen and oxygen atoms in total. The highest BCUT2D eigenvalue weighted by Gasteiger charge is 2.48. The second-order valence-electron chi connectivity index (χ2n) is 6.12. The number of para-hydroxylation sites is 1. The molecular weight excluding hydrogens is 240 g/mol. The fraction of sp³-hybridized carbons (Fsp3) is 0.625. The van der Waals surface area contributed by atoms with E-state index in [-0.39, 0.29) is 11.2 Å². The van der Waals surface area contributed by atoms with Crippen LogP contribution in [0.4, 0.5) is 0 Å². The minimum Gasteiger partial charge on any atom is -0.487 e. The maximum absolute atomic E-state index is 10.4. The number of aliphatic hydroxyl groups is 1. The number of ether oxygens (including phenoxy) is 2. The van der Waals surface area contributed by atoms with Gasteiger partial charge in [0, 0.05) is 24.8 Å². The van der Waals surface area contributed by atoms with Crippen LogP contribution in [0.15, 0.2) is 24.3 Å². The van der Waals surface area contributed by atoms with E-state index >= 15 is 0 Å². The third kappa shape index (κ3) is 2.26. The Labute approximate surface area is 114 Å². The molecule has 3 rings (SSSR count). The van der Waals surface area contributed by atoms with Gasteiger partial charge >= 0.3 is 0 Å². The predicted octanol–water partition coefficient (Wildman–Crippen LogP) is 3.22. The summed E-state index contributed by atoms with van der Waals surface area (Å²) in [6.07, 6.45) is 2.92. The smallest absolute Gasteiger partial charge is 0.125 e. The van der Waals surface area contributed by atoms with Crippen molar-refractivity contribution in [1.82, 2.24) is 0 Å². The lowest BCUT2D eigenvalue weighted by Gasteiger charge is -2.49. The van der Waals surface area contributed by atoms with Crippen molar-refractivity contribution in [3.05, 3.63) is 29.8 Å². The number of rotatable bonds is 1. The van der Waals surface area contributed by atoms with Crippen molar-refractivity contribution in [3.63, 3.8) is 0 Å². The summed E-state index contributed by atoms with van der Waals surface area (Å²) >= 11 is 0. The van der Waals surface area contributed by atoms with Gasteiger partial charge in [0.1, 0.15) is 11.4 Å². The van der Waals surface area contributed by atoms with Gasteiger partial charge in [-0.05, 0) is 19.4 Å². The molecule has 1 spiro atoms. The Morgan fingerprint density at radius 1 is 1.37 bits per heavy atom. The van der Waals surface area contributed by atoms with Crippen LogP contribution in [0.1, 0.15) is 51.2 Å². The maximum Gasteiger partial charge on any atom is 0.125 e. The van der Waals surface area contributed by atoms with E-state index < -0.39 is 6.10 Å². The molecule has 2 aliphatic heterocycles. The average Bonchev–Trinajstić information content (AvgIpc) is 2.38. The van der Waals surface area contributed by atoms with Crippen LogP contribution in [0, 0.1) is 0 Å². The Morgan fingerprint density at radius 2 is 2.16 bits per heavy atom. The Kier molecular flexibility index (Phi) is 3.06. The number of benzene rings is 1. The number of fused-ring (bicyclic) bond motifs is 1. The van der Waals surface area contributed by atoms with Crippen LogP contribution in [0.25, 0.3) is 0 Å². The van der Waals surface area contributed by atoms with Gasteiger partial charge in [0.2, 0.25) is 0 Å². The quantitative estimate of drug-likeness (QED) is 0.844. The molecule has 2 unspecified atom stereocenters. The van der Waals surface area contributed by atoms with E-state index in [1.165, 1.54) is 0 Å². The monoisotopic (exact) mass is 262 g/mol. The molecule has 2 aliphatic rings. The zero-order valence-electron chi connectivity index (χ0n) is 11.7. The molecule has 0 bridgehead atoms. The summed E-state index contributed by atoms with van der Waals surface area (Å²) < 4.78 is 12.2. The molecule has 3 atom stereocenters. The molecule has 1 aromatic carbocycles. The van der Waals surface area contributed by atoms with Crippen LogP contribution in [0.5, 0.6) is 5.75 Å². The van der Waals surface area contributed by atoms with Gasteiger partial charge in [-0.1, -0.05) is 25.1 Å². The van der Waals surface area contributed by atoms with E-state index in [1.54, 1.807) is 0 Å². The van der Waals surface area contributed by atoms with Crippen molar-refractivity contribution in [1.29, 1.82) is 0 Å². The molecule has 1 fully saturated rings. The lowest BCUT2D eigenvalue weighted by molar-refractivity contribution is -0.160. The van der Waals surface area contributed by atoms with Crippen LogP contribution in [-0.4, -0.2) is 22.9 Å². The Bertz CT molecular complexity index is 473. The molecule has 0 aliphatic carbocycles. The molecule has 2 heterocycles. The number of aliphatic hydroxyl groups excluding tert-OH is 1. The van der Waals surface area contributed by atoms with E-state index in [1.807, 2.05) is 24.3 Å². The topological polar surface area (TPSA) is 38.7 Å². The molecule has 0 radical (unpaired) electrons. The van der Waals surface area contributed by atoms with Gasteiger partial charge in [-0.2, -0.15) is 0 Å². The zero-order valence-corrected chi connectivity index (χ0v) is 11.7. The molecule has 0 amide bonds. The van der Waals surface area contributed by atoms with Crippen molar-refractivity contribution in [2.24, 2.45) is 0 Å². The van der Waals surface area contributed by atoms with Gasteiger partial charge in [-0.15, -0.1) is 0 Å². The van der Waals surface area contributed by atoms with Crippen molar-refractivity contribution in [2.75, 3.05) is 6.61 Å². The third-order valence-corrected chi connectivity index (χ3v) is 4.62. The Hall–Kier alpha value is -1.06. The average molecular weight is 262 g/mol. The van der Waals surface area contributed by atoms with Gasteiger partial charge in [0.25, 0.3) is 0 Å². The molecule has 1 N–H and O–H groups in total. The minimum atomic E-state index is -0.427. The summed E-state index contributed by atoms with van der Waals surface area (Å²) in [6.45, 7) is 5.00. The molecule has 104 valence electrons. The van der Waals surface area contributed by atoms with Crippen molar-refractivity contribution in [2.45, 2.75) is 56.8 Å². The third-order valence-electron chi connectivity index (χ3n) is 4.62. The largest absolute Gasteiger partial charge is 0.487 e. The van der Waals surface area contributed by atoms with Crippen molar-refractivity contribution in [3.8, 4) is 5.75 Å². The maximum atomic E-state index is 10.4. The van der Waals surface area contributed by atoms with Crippen LogP contribution in [-0.2, 0) is 4.74 Å². The lowest BCUT2D eigenvalue weighted by Crippen LogP contribution is -2.52. The fourth-order valence-electron chi connectivity index (χ4n) is 3.38. The minimum absolute atomic E-state index is 0.135. The number of hydrogen-bond acceptors (Lipinski definition) is 3. The summed E-state index contributed by atoms with van der Waals surface area (Å²) in [5.41, 5.74) is 0.513. The molecule has 1 saturated heterocycles. The van der Waals surface area contributed by atoms with E-state index in [9.17, 15) is 5.11 Å². The standard InChI is InChI=1S/C16H22O3/c1-3-15(2)11-16(8-9-18-15)10-13(17)12-6-4-5-7-14(12)19-16/h4-7,13,17H,3,8-11H2,1-2H3/t13-,15?,16?/m0/s1. The van der Waals surface area contributed by atoms with Crippen LogP contribution in [0.2, 0.25) is 0 Å². The molecule has 19 heavy (non-hydrogen) atoms. The molecule has 0 aromatic heterocycles. The first-order chi connectivity index (χ1) is 9.06. The first-order valence-electron chi connectivity index (χ1n) is 7.16. The van der Waals surface area contributed by atoms with E-state index in [2.05, 4.69) is 13.8 Å². The molecular formula is C16H22O3.